The fraction of sp³-hybridized carbons (Fsp3) is 0.333. The van der Waals surface area contributed by atoms with Gasteiger partial charge in [-0.15, -0.1) is 0 Å². The summed E-state index contributed by atoms with van der Waals surface area (Å²) in [5.41, 5.74) is 13.2. The maximum atomic E-state index is 5.94. The van der Waals surface area contributed by atoms with Gasteiger partial charge >= 0.3 is 0 Å². The Bertz CT molecular complexity index is 651. The zero-order valence-corrected chi connectivity index (χ0v) is 13.1. The Morgan fingerprint density at radius 1 is 1.00 bits per heavy atom. The predicted molar refractivity (Wildman–Crippen MR) is 84.5 cm³/mol. The van der Waals surface area contributed by atoms with E-state index in [0.29, 0.717) is 23.1 Å². The largest absolute Gasteiger partial charge is 0.493 e. The van der Waals surface area contributed by atoms with Crippen LogP contribution in [0, 0.1) is 0 Å². The van der Waals surface area contributed by atoms with Crippen molar-refractivity contribution in [2.24, 2.45) is 0 Å². The van der Waals surface area contributed by atoms with Crippen LogP contribution in [0.5, 0.6) is 17.2 Å². The molecule has 0 aliphatic carbocycles. The van der Waals surface area contributed by atoms with Gasteiger partial charge in [0.2, 0.25) is 11.7 Å². The summed E-state index contributed by atoms with van der Waals surface area (Å²) in [6.07, 6.45) is 1.63. The maximum Gasteiger partial charge on any atom is 0.221 e. The number of hydrogen-bond donors (Lipinski definition) is 2. The van der Waals surface area contributed by atoms with Crippen molar-refractivity contribution in [3.63, 3.8) is 0 Å². The van der Waals surface area contributed by atoms with Crippen LogP contribution in [-0.4, -0.2) is 31.3 Å². The number of nitrogens with two attached hydrogens (primary N) is 2. The summed E-state index contributed by atoms with van der Waals surface area (Å²) >= 11 is 0. The molecule has 2 rings (SSSR count). The lowest BCUT2D eigenvalue weighted by Gasteiger charge is -2.18. The van der Waals surface area contributed by atoms with Gasteiger partial charge in [-0.25, -0.2) is 4.98 Å². The molecule has 2 aromatic rings. The van der Waals surface area contributed by atoms with Crippen LogP contribution < -0.4 is 25.7 Å². The summed E-state index contributed by atoms with van der Waals surface area (Å²) in [6, 6.07) is 3.75. The summed E-state index contributed by atoms with van der Waals surface area (Å²) in [5.74, 6) is 2.15. The first-order chi connectivity index (χ1) is 10.5. The van der Waals surface area contributed by atoms with Gasteiger partial charge < -0.3 is 25.7 Å². The van der Waals surface area contributed by atoms with Crippen LogP contribution >= 0.6 is 0 Å². The summed E-state index contributed by atoms with van der Waals surface area (Å²) in [4.78, 5) is 8.00. The van der Waals surface area contributed by atoms with Crippen LogP contribution in [0.25, 0.3) is 0 Å². The van der Waals surface area contributed by atoms with Crippen molar-refractivity contribution < 1.29 is 14.2 Å². The molecule has 0 bridgehead atoms. The second kappa shape index (κ2) is 6.38. The first kappa shape index (κ1) is 15.7. The highest BCUT2D eigenvalue weighted by Crippen LogP contribution is 2.41. The molecular weight excluding hydrogens is 284 g/mol. The molecule has 4 N–H and O–H groups in total. The molecular formula is C15H20N4O3. The lowest BCUT2D eigenvalue weighted by Crippen LogP contribution is -2.07. The van der Waals surface area contributed by atoms with Gasteiger partial charge in [0.1, 0.15) is 5.82 Å². The normalized spacial score (nSPS) is 11.8. The van der Waals surface area contributed by atoms with Crippen LogP contribution in [0.4, 0.5) is 11.8 Å². The van der Waals surface area contributed by atoms with Crippen LogP contribution in [0.3, 0.4) is 0 Å². The fourth-order valence-corrected chi connectivity index (χ4v) is 2.28. The molecule has 0 aliphatic rings. The van der Waals surface area contributed by atoms with Gasteiger partial charge in [-0.2, -0.15) is 4.98 Å². The second-order valence-corrected chi connectivity index (χ2v) is 4.75. The standard InChI is InChI=1S/C15H20N4O3/c1-8(10-7-18-15(17)19-14(10)16)9-5-11(20-2)13(22-4)12(6-9)21-3/h5-8H,1-4H3,(H4,16,17,18,19)/t8-/m1/s1. The highest BCUT2D eigenvalue weighted by molar-refractivity contribution is 5.57. The lowest BCUT2D eigenvalue weighted by atomic mass is 9.94. The summed E-state index contributed by atoms with van der Waals surface area (Å²) in [7, 11) is 4.72. The number of aromatic nitrogens is 2. The van der Waals surface area contributed by atoms with Crippen LogP contribution in [0.15, 0.2) is 18.3 Å². The van der Waals surface area contributed by atoms with E-state index in [1.165, 1.54) is 0 Å². The minimum atomic E-state index is -0.0608. The van der Waals surface area contributed by atoms with Crippen LogP contribution in [-0.2, 0) is 0 Å². The Labute approximate surface area is 129 Å². The van der Waals surface area contributed by atoms with Gasteiger partial charge in [-0.3, -0.25) is 0 Å². The van der Waals surface area contributed by atoms with Gasteiger partial charge in [0, 0.05) is 17.7 Å². The minimum Gasteiger partial charge on any atom is -0.493 e. The average molecular weight is 304 g/mol. The highest BCUT2D eigenvalue weighted by atomic mass is 16.5. The van der Waals surface area contributed by atoms with Crippen molar-refractivity contribution in [1.82, 2.24) is 9.97 Å². The second-order valence-electron chi connectivity index (χ2n) is 4.75. The number of ether oxygens (including phenoxy) is 3. The quantitative estimate of drug-likeness (QED) is 0.867. The summed E-state index contributed by atoms with van der Waals surface area (Å²) < 4.78 is 16.1. The van der Waals surface area contributed by atoms with E-state index < -0.39 is 0 Å². The van der Waals surface area contributed by atoms with E-state index in [1.807, 2.05) is 19.1 Å². The van der Waals surface area contributed by atoms with Crippen molar-refractivity contribution in [3.05, 3.63) is 29.5 Å². The summed E-state index contributed by atoms with van der Waals surface area (Å²) in [6.45, 7) is 1.99. The number of nitrogens with zero attached hydrogens (tertiary/aromatic N) is 2. The van der Waals surface area contributed by atoms with E-state index in [9.17, 15) is 0 Å². The van der Waals surface area contributed by atoms with E-state index in [-0.39, 0.29) is 11.9 Å². The summed E-state index contributed by atoms with van der Waals surface area (Å²) in [5, 5.41) is 0. The Hall–Kier alpha value is -2.70. The molecule has 0 unspecified atom stereocenters. The third kappa shape index (κ3) is 2.83. The Morgan fingerprint density at radius 2 is 1.59 bits per heavy atom. The molecule has 0 fully saturated rings. The number of rotatable bonds is 5. The molecule has 0 radical (unpaired) electrons. The molecule has 1 aromatic heterocycles. The molecule has 1 atom stereocenters. The van der Waals surface area contributed by atoms with E-state index in [2.05, 4.69) is 9.97 Å². The maximum absolute atomic E-state index is 5.94. The number of anilines is 2. The first-order valence-electron chi connectivity index (χ1n) is 6.69. The van der Waals surface area contributed by atoms with E-state index in [4.69, 9.17) is 25.7 Å². The van der Waals surface area contributed by atoms with Crippen molar-refractivity contribution in [2.75, 3.05) is 32.8 Å². The van der Waals surface area contributed by atoms with Gasteiger partial charge in [-0.1, -0.05) is 6.92 Å². The third-order valence-corrected chi connectivity index (χ3v) is 3.52. The third-order valence-electron chi connectivity index (χ3n) is 3.52. The minimum absolute atomic E-state index is 0.0608. The first-order valence-corrected chi connectivity index (χ1v) is 6.69. The molecule has 22 heavy (non-hydrogen) atoms. The molecule has 7 heteroatoms. The zero-order valence-electron chi connectivity index (χ0n) is 13.1. The van der Waals surface area contributed by atoms with Gasteiger partial charge in [0.25, 0.3) is 0 Å². The van der Waals surface area contributed by atoms with Gasteiger partial charge in [0.05, 0.1) is 21.3 Å². The Balaban J connectivity index is 2.51. The van der Waals surface area contributed by atoms with E-state index >= 15 is 0 Å². The van der Waals surface area contributed by atoms with Crippen LogP contribution in [0.1, 0.15) is 24.0 Å². The van der Waals surface area contributed by atoms with Gasteiger partial charge in [0.15, 0.2) is 11.5 Å². The average Bonchev–Trinajstić information content (AvgIpc) is 2.52. The number of methoxy groups -OCH3 is 3. The smallest absolute Gasteiger partial charge is 0.221 e. The zero-order chi connectivity index (χ0) is 16.3. The number of benzene rings is 1. The topological polar surface area (TPSA) is 106 Å². The molecule has 0 aliphatic heterocycles. The highest BCUT2D eigenvalue weighted by Gasteiger charge is 2.19. The SMILES string of the molecule is COc1cc([C@@H](C)c2cnc(N)nc2N)cc(OC)c1OC. The molecule has 0 saturated carbocycles. The predicted octanol–water partition coefficient (Wildman–Crippen LogP) is 1.82. The lowest BCUT2D eigenvalue weighted by molar-refractivity contribution is 0.323. The van der Waals surface area contributed by atoms with E-state index in [0.717, 1.165) is 11.1 Å². The Kier molecular flexibility index (Phi) is 4.55. The van der Waals surface area contributed by atoms with Crippen molar-refractivity contribution in [1.29, 1.82) is 0 Å². The monoisotopic (exact) mass is 304 g/mol. The number of hydrogen-bond acceptors (Lipinski definition) is 7. The number of nitrogen functional groups attached to an aromatic ring is 2. The molecule has 118 valence electrons. The molecule has 1 heterocycles. The molecule has 0 saturated heterocycles. The van der Waals surface area contributed by atoms with Crippen molar-refractivity contribution in [2.45, 2.75) is 12.8 Å². The van der Waals surface area contributed by atoms with Crippen molar-refractivity contribution in [3.8, 4) is 17.2 Å². The van der Waals surface area contributed by atoms with Gasteiger partial charge in [-0.05, 0) is 17.7 Å². The fourth-order valence-electron chi connectivity index (χ4n) is 2.28. The van der Waals surface area contributed by atoms with E-state index in [1.54, 1.807) is 27.5 Å². The molecule has 0 amide bonds. The Morgan fingerprint density at radius 3 is 2.05 bits per heavy atom. The molecule has 1 aromatic carbocycles. The van der Waals surface area contributed by atoms with Crippen LogP contribution in [0.2, 0.25) is 0 Å². The van der Waals surface area contributed by atoms with Crippen molar-refractivity contribution >= 4 is 11.8 Å². The molecule has 0 spiro atoms. The molecule has 7 nitrogen and oxygen atoms in total.